The van der Waals surface area contributed by atoms with Gasteiger partial charge in [0.05, 0.1) is 0 Å². The lowest BCUT2D eigenvalue weighted by atomic mass is 9.98. The van der Waals surface area contributed by atoms with Crippen molar-refractivity contribution in [2.75, 3.05) is 7.05 Å². The number of rotatable bonds is 4. The number of likely N-dealkylation sites (N-methyl/N-ethyl adjacent to an activating group) is 1. The highest BCUT2D eigenvalue weighted by Crippen LogP contribution is 2.31. The molecule has 1 N–H and O–H groups in total. The van der Waals surface area contributed by atoms with Crippen LogP contribution >= 0.6 is 39.1 Å². The quantitative estimate of drug-likeness (QED) is 0.753. The molecule has 0 aliphatic carbocycles. The summed E-state index contributed by atoms with van der Waals surface area (Å²) in [5.41, 5.74) is 1.40. The van der Waals surface area contributed by atoms with Crippen molar-refractivity contribution in [3.63, 3.8) is 0 Å². The van der Waals surface area contributed by atoms with Gasteiger partial charge in [-0.1, -0.05) is 45.2 Å². The molecule has 5 heteroatoms. The van der Waals surface area contributed by atoms with Gasteiger partial charge in [0.1, 0.15) is 5.82 Å². The van der Waals surface area contributed by atoms with Crippen molar-refractivity contribution in [1.82, 2.24) is 5.32 Å². The molecule has 20 heavy (non-hydrogen) atoms. The van der Waals surface area contributed by atoms with Gasteiger partial charge in [0.25, 0.3) is 0 Å². The van der Waals surface area contributed by atoms with E-state index in [1.807, 2.05) is 0 Å². The van der Waals surface area contributed by atoms with Crippen molar-refractivity contribution in [3.8, 4) is 0 Å². The fourth-order valence-electron chi connectivity index (χ4n) is 2.08. The van der Waals surface area contributed by atoms with Crippen molar-refractivity contribution in [1.29, 1.82) is 0 Å². The Bertz CT molecular complexity index is 599. The zero-order chi connectivity index (χ0) is 14.7. The highest BCUT2D eigenvalue weighted by atomic mass is 79.9. The average Bonchev–Trinajstić information content (AvgIpc) is 2.42. The van der Waals surface area contributed by atoms with Gasteiger partial charge < -0.3 is 5.32 Å². The fraction of sp³-hybridized carbons (Fsp3) is 0.200. The van der Waals surface area contributed by atoms with Crippen molar-refractivity contribution >= 4 is 39.1 Å². The molecule has 0 saturated carbocycles. The largest absolute Gasteiger partial charge is 0.313 e. The normalized spacial score (nSPS) is 12.4. The molecule has 1 atom stereocenters. The van der Waals surface area contributed by atoms with Gasteiger partial charge in [-0.2, -0.15) is 0 Å². The van der Waals surface area contributed by atoms with E-state index in [-0.39, 0.29) is 11.9 Å². The van der Waals surface area contributed by atoms with Gasteiger partial charge in [-0.15, -0.1) is 0 Å². The highest BCUT2D eigenvalue weighted by molar-refractivity contribution is 9.10. The van der Waals surface area contributed by atoms with Crippen LogP contribution in [-0.4, -0.2) is 7.05 Å². The maximum Gasteiger partial charge on any atom is 0.128 e. The number of nitrogens with one attached hydrogen (secondary N) is 1. The summed E-state index contributed by atoms with van der Waals surface area (Å²) in [6.45, 7) is 0. The summed E-state index contributed by atoms with van der Waals surface area (Å²) < 4.78 is 14.8. The Morgan fingerprint density at radius 2 is 1.85 bits per heavy atom. The zero-order valence-electron chi connectivity index (χ0n) is 10.8. The van der Waals surface area contributed by atoms with Crippen molar-refractivity contribution < 1.29 is 4.39 Å². The molecule has 0 radical (unpaired) electrons. The van der Waals surface area contributed by atoms with E-state index in [0.29, 0.717) is 22.0 Å². The zero-order valence-corrected chi connectivity index (χ0v) is 13.9. The average molecular weight is 377 g/mol. The summed E-state index contributed by atoms with van der Waals surface area (Å²) in [5, 5.41) is 4.29. The summed E-state index contributed by atoms with van der Waals surface area (Å²) in [6, 6.07) is 10.0. The molecule has 2 rings (SSSR count). The van der Waals surface area contributed by atoms with E-state index in [1.165, 1.54) is 6.07 Å². The van der Waals surface area contributed by atoms with E-state index in [1.54, 1.807) is 37.4 Å². The van der Waals surface area contributed by atoms with Crippen LogP contribution in [0.1, 0.15) is 17.2 Å². The maximum absolute atomic E-state index is 14.0. The van der Waals surface area contributed by atoms with Gasteiger partial charge in [0.2, 0.25) is 0 Å². The Hall–Kier alpha value is -0.610. The topological polar surface area (TPSA) is 12.0 Å². The van der Waals surface area contributed by atoms with Crippen molar-refractivity contribution in [2.24, 2.45) is 0 Å². The second-order valence-electron chi connectivity index (χ2n) is 4.41. The second kappa shape index (κ2) is 6.90. The molecule has 0 amide bonds. The Kier molecular flexibility index (Phi) is 5.44. The van der Waals surface area contributed by atoms with Crippen molar-refractivity contribution in [3.05, 3.63) is 67.9 Å². The number of hydrogen-bond donors (Lipinski definition) is 1. The molecule has 106 valence electrons. The number of hydrogen-bond acceptors (Lipinski definition) is 1. The predicted molar refractivity (Wildman–Crippen MR) is 86.1 cm³/mol. The third-order valence-electron chi connectivity index (χ3n) is 3.15. The molecule has 0 bridgehead atoms. The lowest BCUT2D eigenvalue weighted by Gasteiger charge is -2.19. The van der Waals surface area contributed by atoms with Crippen LogP contribution < -0.4 is 5.32 Å². The summed E-state index contributed by atoms with van der Waals surface area (Å²) in [7, 11) is 1.79. The number of halogens is 4. The molecule has 2 aromatic carbocycles. The number of benzene rings is 2. The Balaban J connectivity index is 2.36. The molecule has 0 fully saturated rings. The van der Waals surface area contributed by atoms with Crippen LogP contribution in [0.5, 0.6) is 0 Å². The van der Waals surface area contributed by atoms with Crippen LogP contribution in [0, 0.1) is 5.82 Å². The first kappa shape index (κ1) is 15.8. The molecule has 1 nitrogen and oxygen atoms in total. The molecule has 0 aliphatic rings. The van der Waals surface area contributed by atoms with E-state index in [0.717, 1.165) is 10.0 Å². The third-order valence-corrected chi connectivity index (χ3v) is 4.35. The van der Waals surface area contributed by atoms with Crippen LogP contribution in [0.4, 0.5) is 4.39 Å². The van der Waals surface area contributed by atoms with Crippen LogP contribution in [0.2, 0.25) is 10.0 Å². The summed E-state index contributed by atoms with van der Waals surface area (Å²) >= 11 is 15.7. The lowest BCUT2D eigenvalue weighted by Crippen LogP contribution is -2.20. The Morgan fingerprint density at radius 1 is 1.20 bits per heavy atom. The van der Waals surface area contributed by atoms with Gasteiger partial charge in [-0.3, -0.25) is 0 Å². The maximum atomic E-state index is 14.0. The first-order chi connectivity index (χ1) is 9.52. The molecule has 0 saturated heterocycles. The minimum atomic E-state index is -0.254. The van der Waals surface area contributed by atoms with E-state index in [4.69, 9.17) is 23.2 Å². The Labute approximate surface area is 136 Å². The first-order valence-electron chi connectivity index (χ1n) is 6.08. The summed E-state index contributed by atoms with van der Waals surface area (Å²) in [4.78, 5) is 0. The molecule has 0 spiro atoms. The van der Waals surface area contributed by atoms with Gasteiger partial charge >= 0.3 is 0 Å². The first-order valence-corrected chi connectivity index (χ1v) is 7.63. The smallest absolute Gasteiger partial charge is 0.128 e. The monoisotopic (exact) mass is 375 g/mol. The fourth-order valence-corrected chi connectivity index (χ4v) is 3.01. The van der Waals surface area contributed by atoms with Gasteiger partial charge in [0.15, 0.2) is 0 Å². The highest BCUT2D eigenvalue weighted by Gasteiger charge is 2.18. The standard InChI is InChI=1S/C15H13BrCl2FN/c1-20-15(11-7-9(16)5-6-14(11)19)8-10-12(17)3-2-4-13(10)18/h2-7,15,20H,8H2,1H3. The van der Waals surface area contributed by atoms with Crippen LogP contribution in [0.25, 0.3) is 0 Å². The van der Waals surface area contributed by atoms with E-state index in [2.05, 4.69) is 21.2 Å². The molecule has 0 aliphatic heterocycles. The Morgan fingerprint density at radius 3 is 2.45 bits per heavy atom. The third kappa shape index (κ3) is 3.53. The SMILES string of the molecule is CNC(Cc1c(Cl)cccc1Cl)c1cc(Br)ccc1F. The molecule has 1 unspecified atom stereocenters. The van der Waals surface area contributed by atoms with Gasteiger partial charge in [-0.05, 0) is 49.4 Å². The predicted octanol–water partition coefficient (Wildman–Crippen LogP) is 5.40. The lowest BCUT2D eigenvalue weighted by molar-refractivity contribution is 0.533. The van der Waals surface area contributed by atoms with Gasteiger partial charge in [-0.25, -0.2) is 4.39 Å². The van der Waals surface area contributed by atoms with Crippen LogP contribution in [0.15, 0.2) is 40.9 Å². The molecule has 2 aromatic rings. The van der Waals surface area contributed by atoms with E-state index in [9.17, 15) is 4.39 Å². The van der Waals surface area contributed by atoms with E-state index >= 15 is 0 Å². The molecule has 0 heterocycles. The van der Waals surface area contributed by atoms with Crippen LogP contribution in [-0.2, 0) is 6.42 Å². The summed E-state index contributed by atoms with van der Waals surface area (Å²) in [5.74, 6) is -0.254. The minimum Gasteiger partial charge on any atom is -0.313 e. The summed E-state index contributed by atoms with van der Waals surface area (Å²) in [6.07, 6.45) is 0.516. The van der Waals surface area contributed by atoms with Gasteiger partial charge in [0, 0.05) is 26.1 Å². The molecular formula is C15H13BrCl2FN. The van der Waals surface area contributed by atoms with Crippen LogP contribution in [0.3, 0.4) is 0 Å². The molecular weight excluding hydrogens is 364 g/mol. The molecule has 0 aromatic heterocycles. The van der Waals surface area contributed by atoms with E-state index < -0.39 is 0 Å². The van der Waals surface area contributed by atoms with Crippen molar-refractivity contribution in [2.45, 2.75) is 12.5 Å². The minimum absolute atomic E-state index is 0.204. The second-order valence-corrected chi connectivity index (χ2v) is 6.14.